The van der Waals surface area contributed by atoms with E-state index in [-0.39, 0.29) is 5.54 Å². The average molecular weight is 337 g/mol. The lowest BCUT2D eigenvalue weighted by Gasteiger charge is -2.42. The van der Waals surface area contributed by atoms with Crippen LogP contribution < -0.4 is 10.6 Å². The van der Waals surface area contributed by atoms with Gasteiger partial charge in [0.25, 0.3) is 0 Å². The molecule has 1 spiro atoms. The molecular weight excluding hydrogens is 314 g/mol. The van der Waals surface area contributed by atoms with Crippen molar-refractivity contribution >= 4 is 29.0 Å². The number of nitrogens with zero attached hydrogens (tertiary/aromatic N) is 1. The van der Waals surface area contributed by atoms with Crippen molar-refractivity contribution in [3.63, 3.8) is 0 Å². The van der Waals surface area contributed by atoms with E-state index in [0.717, 1.165) is 36.6 Å². The molecule has 0 aromatic heterocycles. The molecule has 0 unspecified atom stereocenters. The maximum Gasteiger partial charge on any atom is 0.128 e. The quantitative estimate of drug-likeness (QED) is 0.847. The molecule has 0 saturated carbocycles. The van der Waals surface area contributed by atoms with Crippen molar-refractivity contribution in [2.75, 3.05) is 16.8 Å². The summed E-state index contributed by atoms with van der Waals surface area (Å²) in [5, 5.41) is 7.44. The van der Waals surface area contributed by atoms with E-state index in [1.54, 1.807) is 0 Å². The summed E-state index contributed by atoms with van der Waals surface area (Å²) in [5.41, 5.74) is 4.75. The molecule has 0 radical (unpaired) electrons. The Hall–Kier alpha value is -1.94. The third-order valence-corrected chi connectivity index (χ3v) is 5.88. The largest absolute Gasteiger partial charge is 0.371 e. The summed E-state index contributed by atoms with van der Waals surface area (Å²) in [7, 11) is 0. The third-order valence-electron chi connectivity index (χ3n) is 4.89. The number of hydrogen-bond acceptors (Lipinski definition) is 4. The van der Waals surface area contributed by atoms with Gasteiger partial charge in [-0.25, -0.2) is 4.99 Å². The highest BCUT2D eigenvalue weighted by atomic mass is 32.2. The summed E-state index contributed by atoms with van der Waals surface area (Å²) >= 11 is 2.04. The maximum absolute atomic E-state index is 4.99. The molecule has 2 aromatic carbocycles. The van der Waals surface area contributed by atoms with Crippen molar-refractivity contribution in [1.29, 1.82) is 0 Å². The number of aryl methyl sites for hydroxylation is 1. The van der Waals surface area contributed by atoms with Gasteiger partial charge < -0.3 is 10.6 Å². The minimum absolute atomic E-state index is 0.0374. The number of para-hydroxylation sites is 2. The molecule has 1 fully saturated rings. The SMILES string of the molecule is Cc1ccc(CNC2=Nc3ccccc3NC23CCSCC3)cc1. The van der Waals surface area contributed by atoms with Crippen LogP contribution in [0.3, 0.4) is 0 Å². The van der Waals surface area contributed by atoms with Crippen LogP contribution in [0.5, 0.6) is 0 Å². The molecule has 2 aromatic rings. The smallest absolute Gasteiger partial charge is 0.128 e. The standard InChI is InChI=1S/C20H23N3S/c1-15-6-8-16(9-7-15)14-21-19-20(10-12-24-13-11-20)23-18-5-3-2-4-17(18)22-19/h2-9,23H,10-14H2,1H3,(H,21,22). The van der Waals surface area contributed by atoms with Crippen molar-refractivity contribution in [3.05, 3.63) is 59.7 Å². The molecule has 0 bridgehead atoms. The van der Waals surface area contributed by atoms with Gasteiger partial charge >= 0.3 is 0 Å². The number of rotatable bonds is 2. The van der Waals surface area contributed by atoms with Crippen molar-refractivity contribution in [2.45, 2.75) is 31.8 Å². The second-order valence-electron chi connectivity index (χ2n) is 6.64. The number of benzene rings is 2. The van der Waals surface area contributed by atoms with E-state index in [0.29, 0.717) is 0 Å². The van der Waals surface area contributed by atoms with Crippen LogP contribution in [0.2, 0.25) is 0 Å². The minimum Gasteiger partial charge on any atom is -0.371 e. The fraction of sp³-hybridized carbons (Fsp3) is 0.350. The fourth-order valence-corrected chi connectivity index (χ4v) is 4.59. The predicted octanol–water partition coefficient (Wildman–Crippen LogP) is 4.51. The topological polar surface area (TPSA) is 36.4 Å². The number of anilines is 1. The average Bonchev–Trinajstić information content (AvgIpc) is 2.62. The van der Waals surface area contributed by atoms with Gasteiger partial charge in [0.05, 0.1) is 16.9 Å². The number of aliphatic imine (C=N–C) groups is 1. The molecule has 0 aliphatic carbocycles. The summed E-state index contributed by atoms with van der Waals surface area (Å²) in [6, 6.07) is 17.1. The van der Waals surface area contributed by atoms with Gasteiger partial charge in [-0.2, -0.15) is 11.8 Å². The molecule has 4 heteroatoms. The van der Waals surface area contributed by atoms with E-state index < -0.39 is 0 Å². The normalized spacial score (nSPS) is 18.5. The number of nitrogens with one attached hydrogen (secondary N) is 2. The molecule has 0 atom stereocenters. The minimum atomic E-state index is -0.0374. The van der Waals surface area contributed by atoms with Crippen molar-refractivity contribution in [1.82, 2.24) is 5.32 Å². The summed E-state index contributed by atoms with van der Waals surface area (Å²) in [6.07, 6.45) is 2.23. The Morgan fingerprint density at radius 3 is 2.62 bits per heavy atom. The predicted molar refractivity (Wildman–Crippen MR) is 104 cm³/mol. The highest BCUT2D eigenvalue weighted by Gasteiger charge is 2.40. The van der Waals surface area contributed by atoms with Gasteiger partial charge in [-0.15, -0.1) is 0 Å². The zero-order valence-corrected chi connectivity index (χ0v) is 14.8. The van der Waals surface area contributed by atoms with Gasteiger partial charge in [-0.05, 0) is 49.0 Å². The third kappa shape index (κ3) is 3.03. The molecule has 1 saturated heterocycles. The monoisotopic (exact) mass is 337 g/mol. The number of fused-ring (bicyclic) bond motifs is 1. The second kappa shape index (κ2) is 6.52. The van der Waals surface area contributed by atoms with Crippen molar-refractivity contribution in [3.8, 4) is 0 Å². The van der Waals surface area contributed by atoms with E-state index in [1.165, 1.54) is 22.6 Å². The van der Waals surface area contributed by atoms with Crippen LogP contribution in [0.15, 0.2) is 53.5 Å². The molecule has 2 N–H and O–H groups in total. The van der Waals surface area contributed by atoms with Gasteiger partial charge in [0.15, 0.2) is 0 Å². The highest BCUT2D eigenvalue weighted by molar-refractivity contribution is 7.99. The van der Waals surface area contributed by atoms with Crippen LogP contribution in [0, 0.1) is 6.92 Å². The zero-order chi connectivity index (χ0) is 16.4. The first kappa shape index (κ1) is 15.6. The Bertz CT molecular complexity index is 746. The molecule has 2 aliphatic heterocycles. The van der Waals surface area contributed by atoms with E-state index in [9.17, 15) is 0 Å². The Kier molecular flexibility index (Phi) is 4.23. The lowest BCUT2D eigenvalue weighted by molar-refractivity contribution is 0.543. The molecule has 0 amide bonds. The summed E-state index contributed by atoms with van der Waals surface area (Å²) in [6.45, 7) is 2.94. The first-order valence-electron chi connectivity index (χ1n) is 8.59. The molecular formula is C20H23N3S. The molecule has 24 heavy (non-hydrogen) atoms. The lowest BCUT2D eigenvalue weighted by Crippen LogP contribution is -2.55. The van der Waals surface area contributed by atoms with E-state index >= 15 is 0 Å². The van der Waals surface area contributed by atoms with Crippen LogP contribution in [-0.2, 0) is 6.54 Å². The van der Waals surface area contributed by atoms with Crippen molar-refractivity contribution < 1.29 is 0 Å². The van der Waals surface area contributed by atoms with E-state index in [2.05, 4.69) is 66.1 Å². The molecule has 4 rings (SSSR count). The number of thioether (sulfide) groups is 1. The Labute approximate surface area is 148 Å². The van der Waals surface area contributed by atoms with Gasteiger partial charge in [0.1, 0.15) is 5.84 Å². The Balaban J connectivity index is 1.61. The first-order valence-corrected chi connectivity index (χ1v) is 9.74. The van der Waals surface area contributed by atoms with Crippen LogP contribution in [0.4, 0.5) is 11.4 Å². The maximum atomic E-state index is 4.99. The summed E-state index contributed by atoms with van der Waals surface area (Å²) < 4.78 is 0. The molecule has 124 valence electrons. The van der Waals surface area contributed by atoms with Gasteiger partial charge in [-0.3, -0.25) is 0 Å². The zero-order valence-electron chi connectivity index (χ0n) is 14.0. The number of hydrogen-bond donors (Lipinski definition) is 2. The first-order chi connectivity index (χ1) is 11.8. The number of amidine groups is 1. The van der Waals surface area contributed by atoms with Gasteiger partial charge in [-0.1, -0.05) is 42.0 Å². The Morgan fingerprint density at radius 1 is 1.08 bits per heavy atom. The van der Waals surface area contributed by atoms with Gasteiger partial charge in [0.2, 0.25) is 0 Å². The van der Waals surface area contributed by atoms with E-state index in [1.807, 2.05) is 11.8 Å². The van der Waals surface area contributed by atoms with E-state index in [4.69, 9.17) is 4.99 Å². The Morgan fingerprint density at radius 2 is 1.83 bits per heavy atom. The lowest BCUT2D eigenvalue weighted by atomic mass is 9.88. The summed E-state index contributed by atoms with van der Waals surface area (Å²) in [5.74, 6) is 3.46. The van der Waals surface area contributed by atoms with Crippen LogP contribution in [0.25, 0.3) is 0 Å². The van der Waals surface area contributed by atoms with Crippen LogP contribution >= 0.6 is 11.8 Å². The highest BCUT2D eigenvalue weighted by Crippen LogP contribution is 2.39. The molecule has 2 aliphatic rings. The van der Waals surface area contributed by atoms with Crippen molar-refractivity contribution in [2.24, 2.45) is 4.99 Å². The molecule has 3 nitrogen and oxygen atoms in total. The molecule has 2 heterocycles. The van der Waals surface area contributed by atoms with Crippen LogP contribution in [-0.4, -0.2) is 22.9 Å². The fourth-order valence-electron chi connectivity index (χ4n) is 3.40. The van der Waals surface area contributed by atoms with Crippen LogP contribution in [0.1, 0.15) is 24.0 Å². The van der Waals surface area contributed by atoms with Gasteiger partial charge in [0, 0.05) is 6.54 Å². The summed E-state index contributed by atoms with van der Waals surface area (Å²) in [4.78, 5) is 4.99. The second-order valence-corrected chi connectivity index (χ2v) is 7.86.